The zero-order valence-electron chi connectivity index (χ0n) is 16.3. The van der Waals surface area contributed by atoms with Crippen molar-refractivity contribution in [1.82, 2.24) is 15.5 Å². The molecule has 0 radical (unpaired) electrons. The summed E-state index contributed by atoms with van der Waals surface area (Å²) < 4.78 is 10.8. The van der Waals surface area contributed by atoms with Crippen LogP contribution in [-0.4, -0.2) is 70.5 Å². The number of hydrogen-bond donors (Lipinski definition) is 2. The van der Waals surface area contributed by atoms with Crippen molar-refractivity contribution in [3.8, 4) is 5.75 Å². The maximum absolute atomic E-state index is 5.41. The molecule has 1 aromatic rings. The van der Waals surface area contributed by atoms with E-state index in [0.717, 1.165) is 77.0 Å². The van der Waals surface area contributed by atoms with Gasteiger partial charge >= 0.3 is 0 Å². The molecule has 1 aliphatic rings. The van der Waals surface area contributed by atoms with Crippen LogP contribution in [0.1, 0.15) is 25.3 Å². The first-order chi connectivity index (χ1) is 12.8. The van der Waals surface area contributed by atoms with E-state index in [4.69, 9.17) is 9.47 Å². The van der Waals surface area contributed by atoms with Gasteiger partial charge in [0.25, 0.3) is 0 Å². The summed E-state index contributed by atoms with van der Waals surface area (Å²) in [6, 6.07) is 8.16. The zero-order valence-corrected chi connectivity index (χ0v) is 16.3. The molecule has 146 valence electrons. The lowest BCUT2D eigenvalue weighted by Gasteiger charge is -2.26. The molecule has 0 spiro atoms. The highest BCUT2D eigenvalue weighted by Crippen LogP contribution is 2.17. The predicted molar refractivity (Wildman–Crippen MR) is 107 cm³/mol. The molecule has 1 aliphatic heterocycles. The molecule has 0 amide bonds. The third kappa shape index (κ3) is 7.62. The lowest BCUT2D eigenvalue weighted by molar-refractivity contribution is 0.0373. The number of nitrogens with zero attached hydrogens (tertiary/aromatic N) is 2. The second kappa shape index (κ2) is 12.5. The molecule has 6 nitrogen and oxygen atoms in total. The number of benzene rings is 1. The quantitative estimate of drug-likeness (QED) is 0.378. The van der Waals surface area contributed by atoms with Gasteiger partial charge in [0.15, 0.2) is 5.96 Å². The fourth-order valence-electron chi connectivity index (χ4n) is 3.03. The molecule has 1 heterocycles. The van der Waals surface area contributed by atoms with Gasteiger partial charge in [-0.1, -0.05) is 18.2 Å². The summed E-state index contributed by atoms with van der Waals surface area (Å²) in [5.41, 5.74) is 1.21. The number of ether oxygens (including phenoxy) is 2. The summed E-state index contributed by atoms with van der Waals surface area (Å²) in [5.74, 6) is 1.84. The van der Waals surface area contributed by atoms with Gasteiger partial charge in [0, 0.05) is 32.7 Å². The van der Waals surface area contributed by atoms with E-state index in [2.05, 4.69) is 33.5 Å². The Morgan fingerprint density at radius 2 is 2.00 bits per heavy atom. The van der Waals surface area contributed by atoms with Gasteiger partial charge in [-0.05, 0) is 44.4 Å². The van der Waals surface area contributed by atoms with Crippen LogP contribution in [0.2, 0.25) is 0 Å². The molecule has 0 aliphatic carbocycles. The van der Waals surface area contributed by atoms with Crippen LogP contribution in [0.5, 0.6) is 5.75 Å². The number of nitrogens with one attached hydrogen (secondary N) is 2. The van der Waals surface area contributed by atoms with Gasteiger partial charge in [-0.15, -0.1) is 0 Å². The van der Waals surface area contributed by atoms with Crippen LogP contribution < -0.4 is 15.4 Å². The number of rotatable bonds is 10. The van der Waals surface area contributed by atoms with E-state index in [1.807, 2.05) is 18.2 Å². The van der Waals surface area contributed by atoms with Crippen LogP contribution in [0, 0.1) is 0 Å². The number of guanidine groups is 1. The normalized spacial score (nSPS) is 15.7. The second-order valence-electron chi connectivity index (χ2n) is 6.41. The van der Waals surface area contributed by atoms with Crippen LogP contribution in [0.15, 0.2) is 29.3 Å². The lowest BCUT2D eigenvalue weighted by atomic mass is 10.1. The highest BCUT2D eigenvalue weighted by molar-refractivity contribution is 5.79. The number of methoxy groups -OCH3 is 1. The molecule has 2 rings (SSSR count). The van der Waals surface area contributed by atoms with Crippen LogP contribution in [0.3, 0.4) is 0 Å². The number of morpholine rings is 1. The van der Waals surface area contributed by atoms with Gasteiger partial charge in [0.2, 0.25) is 0 Å². The largest absolute Gasteiger partial charge is 0.496 e. The Balaban J connectivity index is 1.67. The zero-order chi connectivity index (χ0) is 18.5. The molecule has 1 fully saturated rings. The van der Waals surface area contributed by atoms with E-state index in [0.29, 0.717) is 0 Å². The van der Waals surface area contributed by atoms with Gasteiger partial charge in [-0.3, -0.25) is 9.89 Å². The Labute approximate surface area is 158 Å². The molecular weight excluding hydrogens is 328 g/mol. The van der Waals surface area contributed by atoms with Crippen molar-refractivity contribution < 1.29 is 9.47 Å². The van der Waals surface area contributed by atoms with E-state index < -0.39 is 0 Å². The topological polar surface area (TPSA) is 58.1 Å². The third-order valence-corrected chi connectivity index (χ3v) is 4.48. The Bertz CT molecular complexity index is 530. The Kier molecular flexibility index (Phi) is 9.90. The first kappa shape index (κ1) is 20.5. The second-order valence-corrected chi connectivity index (χ2v) is 6.41. The molecule has 0 aromatic heterocycles. The summed E-state index contributed by atoms with van der Waals surface area (Å²) in [7, 11) is 1.72. The van der Waals surface area contributed by atoms with E-state index in [1.54, 1.807) is 7.11 Å². The first-order valence-corrected chi connectivity index (χ1v) is 9.77. The van der Waals surface area contributed by atoms with E-state index in [-0.39, 0.29) is 0 Å². The highest BCUT2D eigenvalue weighted by Gasteiger charge is 2.09. The van der Waals surface area contributed by atoms with E-state index in [1.165, 1.54) is 12.0 Å². The average Bonchev–Trinajstić information content (AvgIpc) is 2.69. The van der Waals surface area contributed by atoms with Crippen molar-refractivity contribution in [2.45, 2.75) is 26.2 Å². The van der Waals surface area contributed by atoms with Crippen molar-refractivity contribution in [2.24, 2.45) is 4.99 Å². The van der Waals surface area contributed by atoms with Crippen LogP contribution >= 0.6 is 0 Å². The van der Waals surface area contributed by atoms with Gasteiger partial charge in [0.05, 0.1) is 20.3 Å². The maximum Gasteiger partial charge on any atom is 0.191 e. The van der Waals surface area contributed by atoms with Crippen molar-refractivity contribution in [1.29, 1.82) is 0 Å². The Morgan fingerprint density at radius 3 is 2.77 bits per heavy atom. The minimum atomic E-state index is 0.833. The van der Waals surface area contributed by atoms with Crippen molar-refractivity contribution in [3.63, 3.8) is 0 Å². The summed E-state index contributed by atoms with van der Waals surface area (Å²) >= 11 is 0. The minimum Gasteiger partial charge on any atom is -0.496 e. The SMILES string of the molecule is CCNC(=NCCCCN1CCOCC1)NCCc1ccccc1OC. The number of aliphatic imine (C=N–C) groups is 1. The van der Waals surface area contributed by atoms with Crippen molar-refractivity contribution in [3.05, 3.63) is 29.8 Å². The monoisotopic (exact) mass is 362 g/mol. The molecule has 0 atom stereocenters. The molecule has 26 heavy (non-hydrogen) atoms. The van der Waals surface area contributed by atoms with Gasteiger partial charge in [0.1, 0.15) is 5.75 Å². The average molecular weight is 363 g/mol. The van der Waals surface area contributed by atoms with Gasteiger partial charge < -0.3 is 20.1 Å². The molecule has 0 unspecified atom stereocenters. The van der Waals surface area contributed by atoms with Crippen LogP contribution in [0.4, 0.5) is 0 Å². The van der Waals surface area contributed by atoms with E-state index >= 15 is 0 Å². The molecule has 1 aromatic carbocycles. The maximum atomic E-state index is 5.41. The summed E-state index contributed by atoms with van der Waals surface area (Å²) in [5, 5.41) is 6.74. The third-order valence-electron chi connectivity index (χ3n) is 4.48. The lowest BCUT2D eigenvalue weighted by Crippen LogP contribution is -2.38. The minimum absolute atomic E-state index is 0.833. The smallest absolute Gasteiger partial charge is 0.191 e. The highest BCUT2D eigenvalue weighted by atomic mass is 16.5. The summed E-state index contributed by atoms with van der Waals surface area (Å²) in [4.78, 5) is 7.17. The Morgan fingerprint density at radius 1 is 1.19 bits per heavy atom. The van der Waals surface area contributed by atoms with Gasteiger partial charge in [-0.2, -0.15) is 0 Å². The fourth-order valence-corrected chi connectivity index (χ4v) is 3.03. The standard InChI is InChI=1S/C20H34N4O2/c1-3-21-20(22-11-6-7-13-24-14-16-26-17-15-24)23-12-10-18-8-4-5-9-19(18)25-2/h4-5,8-9H,3,6-7,10-17H2,1-2H3,(H2,21,22,23). The van der Waals surface area contributed by atoms with Crippen molar-refractivity contribution >= 4 is 5.96 Å². The molecule has 1 saturated heterocycles. The number of unbranched alkanes of at least 4 members (excludes halogenated alkanes) is 1. The van der Waals surface area contributed by atoms with Crippen LogP contribution in [0.25, 0.3) is 0 Å². The molecule has 0 bridgehead atoms. The molecular formula is C20H34N4O2. The van der Waals surface area contributed by atoms with E-state index in [9.17, 15) is 0 Å². The number of para-hydroxylation sites is 1. The molecule has 0 saturated carbocycles. The molecule has 2 N–H and O–H groups in total. The number of hydrogen-bond acceptors (Lipinski definition) is 4. The summed E-state index contributed by atoms with van der Waals surface area (Å²) in [6.07, 6.45) is 3.20. The fraction of sp³-hybridized carbons (Fsp3) is 0.650. The predicted octanol–water partition coefficient (Wildman–Crippen LogP) is 1.91. The first-order valence-electron chi connectivity index (χ1n) is 9.77. The summed E-state index contributed by atoms with van der Waals surface area (Å²) in [6.45, 7) is 9.68. The Hall–Kier alpha value is -1.79. The van der Waals surface area contributed by atoms with Crippen molar-refractivity contribution in [2.75, 3.05) is 59.6 Å². The van der Waals surface area contributed by atoms with Gasteiger partial charge in [-0.25, -0.2) is 0 Å². The van der Waals surface area contributed by atoms with Crippen LogP contribution in [-0.2, 0) is 11.2 Å². The molecule has 6 heteroatoms.